The Morgan fingerprint density at radius 3 is 2.85 bits per heavy atom. The smallest absolute Gasteiger partial charge is 0.355 e. The van der Waals surface area contributed by atoms with Crippen molar-refractivity contribution in [3.63, 3.8) is 0 Å². The van der Waals surface area contributed by atoms with Gasteiger partial charge in [0.1, 0.15) is 5.82 Å². The van der Waals surface area contributed by atoms with E-state index in [9.17, 15) is 13.2 Å². The quantitative estimate of drug-likeness (QED) is 0.764. The number of fused-ring (bicyclic) bond motifs is 1. The molecule has 0 N–H and O–H groups in total. The van der Waals surface area contributed by atoms with Gasteiger partial charge < -0.3 is 4.90 Å². The van der Waals surface area contributed by atoms with Crippen LogP contribution in [0.4, 0.5) is 19.0 Å². The van der Waals surface area contributed by atoms with Crippen LogP contribution >= 0.6 is 11.6 Å². The van der Waals surface area contributed by atoms with Crippen LogP contribution in [0, 0.1) is 23.2 Å². The molecule has 0 aromatic carbocycles. The molecule has 4 rings (SSSR count). The number of nitriles is 1. The van der Waals surface area contributed by atoms with Crippen LogP contribution in [0.2, 0.25) is 5.28 Å². The van der Waals surface area contributed by atoms with Gasteiger partial charge in [-0.3, -0.25) is 4.98 Å². The van der Waals surface area contributed by atoms with Crippen molar-refractivity contribution in [1.29, 1.82) is 5.26 Å². The maximum atomic E-state index is 13.0. The Hall–Kier alpha value is -2.40. The van der Waals surface area contributed by atoms with Gasteiger partial charge in [-0.1, -0.05) is 6.07 Å². The first-order chi connectivity index (χ1) is 12.4. The van der Waals surface area contributed by atoms with E-state index < -0.39 is 17.2 Å². The summed E-state index contributed by atoms with van der Waals surface area (Å²) >= 11 is 5.71. The summed E-state index contributed by atoms with van der Waals surface area (Å²) < 4.78 is 39.0. The molecule has 1 saturated carbocycles. The van der Waals surface area contributed by atoms with Crippen molar-refractivity contribution in [2.75, 3.05) is 18.0 Å². The minimum atomic E-state index is -4.59. The fraction of sp³-hybridized carbons (Fsp3) is 0.412. The first-order valence-electron chi connectivity index (χ1n) is 8.00. The summed E-state index contributed by atoms with van der Waals surface area (Å²) in [4.78, 5) is 13.2. The Bertz CT molecular complexity index is 882. The molecule has 0 bridgehead atoms. The molecule has 2 aromatic rings. The van der Waals surface area contributed by atoms with Gasteiger partial charge in [-0.2, -0.15) is 18.4 Å². The molecule has 2 aromatic heterocycles. The number of anilines is 1. The Kier molecular flexibility index (Phi) is 3.81. The molecule has 1 aliphatic carbocycles. The minimum Gasteiger partial charge on any atom is -0.355 e. The van der Waals surface area contributed by atoms with Crippen LogP contribution in [-0.4, -0.2) is 28.0 Å². The van der Waals surface area contributed by atoms with Gasteiger partial charge in [-0.15, -0.1) is 0 Å². The molecule has 1 aliphatic heterocycles. The third kappa shape index (κ3) is 2.58. The van der Waals surface area contributed by atoms with Crippen LogP contribution in [0.5, 0.6) is 0 Å². The maximum absolute atomic E-state index is 13.0. The molecule has 134 valence electrons. The van der Waals surface area contributed by atoms with Crippen LogP contribution in [-0.2, 0) is 11.6 Å². The highest BCUT2D eigenvalue weighted by molar-refractivity contribution is 6.28. The van der Waals surface area contributed by atoms with Gasteiger partial charge in [0.05, 0.1) is 6.07 Å². The van der Waals surface area contributed by atoms with Crippen molar-refractivity contribution in [2.24, 2.45) is 11.8 Å². The van der Waals surface area contributed by atoms with Crippen LogP contribution < -0.4 is 4.90 Å². The number of aromatic nitrogens is 3. The average Bonchev–Trinajstić information content (AvgIpc) is 3.00. The second kappa shape index (κ2) is 5.81. The van der Waals surface area contributed by atoms with E-state index in [4.69, 9.17) is 16.9 Å². The molecule has 3 unspecified atom stereocenters. The van der Waals surface area contributed by atoms with Gasteiger partial charge >= 0.3 is 6.18 Å². The van der Waals surface area contributed by atoms with Crippen molar-refractivity contribution in [3.05, 3.63) is 47.1 Å². The first kappa shape index (κ1) is 17.0. The first-order valence-corrected chi connectivity index (χ1v) is 8.38. The van der Waals surface area contributed by atoms with Crippen LogP contribution in [0.15, 0.2) is 30.6 Å². The fourth-order valence-electron chi connectivity index (χ4n) is 4.21. The number of alkyl halides is 3. The Morgan fingerprint density at radius 1 is 1.38 bits per heavy atom. The zero-order chi connectivity index (χ0) is 18.5. The normalized spacial score (nSPS) is 27.1. The molecule has 1 saturated heterocycles. The molecule has 5 nitrogen and oxygen atoms in total. The third-order valence-corrected chi connectivity index (χ3v) is 5.55. The molecule has 2 fully saturated rings. The number of nitrogens with zero attached hydrogens (tertiary/aromatic N) is 5. The zero-order valence-corrected chi connectivity index (χ0v) is 14.2. The van der Waals surface area contributed by atoms with Gasteiger partial charge in [0.15, 0.2) is 5.69 Å². The van der Waals surface area contributed by atoms with E-state index in [0.717, 1.165) is 11.6 Å². The summed E-state index contributed by atoms with van der Waals surface area (Å²) in [6.07, 6.45) is -0.745. The summed E-state index contributed by atoms with van der Waals surface area (Å²) in [5.41, 5.74) is -0.333. The Morgan fingerprint density at radius 2 is 2.19 bits per heavy atom. The van der Waals surface area contributed by atoms with Gasteiger partial charge in [0, 0.05) is 43.4 Å². The molecule has 3 heterocycles. The van der Waals surface area contributed by atoms with Gasteiger partial charge in [0.25, 0.3) is 0 Å². The monoisotopic (exact) mass is 379 g/mol. The summed E-state index contributed by atoms with van der Waals surface area (Å²) in [7, 11) is 0. The van der Waals surface area contributed by atoms with E-state index in [2.05, 4.69) is 21.0 Å². The van der Waals surface area contributed by atoms with Crippen molar-refractivity contribution in [3.8, 4) is 6.07 Å². The minimum absolute atomic E-state index is 0.156. The topological polar surface area (TPSA) is 65.7 Å². The van der Waals surface area contributed by atoms with E-state index in [1.54, 1.807) is 17.3 Å². The zero-order valence-electron chi connectivity index (χ0n) is 13.4. The maximum Gasteiger partial charge on any atom is 0.433 e. The van der Waals surface area contributed by atoms with Gasteiger partial charge in [-0.05, 0) is 35.1 Å². The highest BCUT2D eigenvalue weighted by atomic mass is 35.5. The summed E-state index contributed by atoms with van der Waals surface area (Å²) in [5.74, 6) is 0.505. The molecular formula is C17H13ClF3N5. The SMILES string of the molecule is N#CCC1C2CN(c3cc(C(F)(F)F)nc(Cl)n3)CC12c1cccnc1. The number of hydrogen-bond donors (Lipinski definition) is 0. The lowest BCUT2D eigenvalue weighted by Gasteiger charge is -2.25. The molecule has 0 spiro atoms. The van der Waals surface area contributed by atoms with E-state index >= 15 is 0 Å². The lowest BCUT2D eigenvalue weighted by molar-refractivity contribution is -0.141. The van der Waals surface area contributed by atoms with E-state index in [1.807, 2.05) is 12.1 Å². The molecule has 0 amide bonds. The van der Waals surface area contributed by atoms with E-state index in [0.29, 0.717) is 19.5 Å². The van der Waals surface area contributed by atoms with Gasteiger partial charge in [-0.25, -0.2) is 9.97 Å². The summed E-state index contributed by atoms with van der Waals surface area (Å²) in [5, 5.41) is 8.67. The lowest BCUT2D eigenvalue weighted by atomic mass is 9.93. The third-order valence-electron chi connectivity index (χ3n) is 5.38. The van der Waals surface area contributed by atoms with Crippen LogP contribution in [0.1, 0.15) is 17.7 Å². The van der Waals surface area contributed by atoms with Crippen molar-refractivity contribution in [2.45, 2.75) is 18.0 Å². The molecule has 3 atom stereocenters. The molecule has 2 aliphatic rings. The number of hydrogen-bond acceptors (Lipinski definition) is 5. The number of piperidine rings is 1. The van der Waals surface area contributed by atoms with Crippen molar-refractivity contribution in [1.82, 2.24) is 15.0 Å². The van der Waals surface area contributed by atoms with Gasteiger partial charge in [0.2, 0.25) is 5.28 Å². The predicted molar refractivity (Wildman–Crippen MR) is 87.4 cm³/mol. The highest BCUT2D eigenvalue weighted by Crippen LogP contribution is 2.65. The number of halogens is 4. The predicted octanol–water partition coefficient (Wildman–Crippen LogP) is 3.46. The molecule has 0 radical (unpaired) electrons. The average molecular weight is 380 g/mol. The highest BCUT2D eigenvalue weighted by Gasteiger charge is 2.69. The Labute approximate surface area is 152 Å². The summed E-state index contributed by atoms with van der Waals surface area (Å²) in [6.45, 7) is 0.992. The largest absolute Gasteiger partial charge is 0.433 e. The molecular weight excluding hydrogens is 367 g/mol. The van der Waals surface area contributed by atoms with Crippen molar-refractivity contribution >= 4 is 17.4 Å². The van der Waals surface area contributed by atoms with Crippen molar-refractivity contribution < 1.29 is 13.2 Å². The number of pyridine rings is 1. The fourth-order valence-corrected chi connectivity index (χ4v) is 4.39. The van der Waals surface area contributed by atoms with Crippen LogP contribution in [0.25, 0.3) is 0 Å². The van der Waals surface area contributed by atoms with Crippen LogP contribution in [0.3, 0.4) is 0 Å². The second-order valence-corrected chi connectivity index (χ2v) is 6.95. The molecule has 26 heavy (non-hydrogen) atoms. The Balaban J connectivity index is 1.67. The van der Waals surface area contributed by atoms with E-state index in [1.165, 1.54) is 0 Å². The molecule has 9 heteroatoms. The second-order valence-electron chi connectivity index (χ2n) is 6.62. The lowest BCUT2D eigenvalue weighted by Crippen LogP contribution is -2.30. The summed E-state index contributed by atoms with van der Waals surface area (Å²) in [6, 6.07) is 6.92. The standard InChI is InChI=1S/C17H13ClF3N5/c18-15-24-13(17(19,20)21)6-14(25-15)26-8-12-11(3-4-22)16(12,9-26)10-2-1-5-23-7-10/h1-2,5-7,11-12H,3,8-9H2. The van der Waals surface area contributed by atoms with E-state index in [-0.39, 0.29) is 23.1 Å². The number of rotatable bonds is 3.